The summed E-state index contributed by atoms with van der Waals surface area (Å²) in [5, 5.41) is 15.1. The van der Waals surface area contributed by atoms with Crippen LogP contribution in [-0.4, -0.2) is 41.1 Å². The molecule has 0 unspecified atom stereocenters. The Balaban J connectivity index is 1.79. The summed E-state index contributed by atoms with van der Waals surface area (Å²) in [6.07, 6.45) is -0.394. The van der Waals surface area contributed by atoms with Crippen molar-refractivity contribution in [1.82, 2.24) is 15.6 Å². The van der Waals surface area contributed by atoms with E-state index < -0.39 is 24.9 Å². The van der Waals surface area contributed by atoms with Gasteiger partial charge in [0.15, 0.2) is 6.61 Å². The molecule has 0 aromatic carbocycles. The summed E-state index contributed by atoms with van der Waals surface area (Å²) < 4.78 is 40.9. The van der Waals surface area contributed by atoms with Crippen LogP contribution < -0.4 is 15.4 Å². The van der Waals surface area contributed by atoms with Crippen molar-refractivity contribution in [3.05, 3.63) is 23.9 Å². The number of rotatable bonds is 5. The van der Waals surface area contributed by atoms with E-state index in [1.165, 1.54) is 12.3 Å². The van der Waals surface area contributed by atoms with E-state index in [1.54, 1.807) is 6.07 Å². The number of aromatic nitrogens is 1. The predicted molar refractivity (Wildman–Crippen MR) is 79.4 cm³/mol. The minimum atomic E-state index is -4.43. The van der Waals surface area contributed by atoms with E-state index in [0.29, 0.717) is 12.0 Å². The van der Waals surface area contributed by atoms with Crippen molar-refractivity contribution in [1.29, 1.82) is 0 Å². The van der Waals surface area contributed by atoms with Crippen LogP contribution in [0.4, 0.5) is 18.0 Å². The fourth-order valence-corrected chi connectivity index (χ4v) is 2.48. The standard InChI is InChI=1S/C15H20F3N3O3/c16-15(17,18)9-24-13-7-10(5-6-19-13)8-20-14(23)21-11-3-1-2-4-12(11)22/h5-7,11-12,22H,1-4,8-9H2,(H2,20,21,23)/t11-,12-/m0/s1. The van der Waals surface area contributed by atoms with Crippen molar-refractivity contribution in [2.45, 2.75) is 50.6 Å². The quantitative estimate of drug-likeness (QED) is 0.762. The van der Waals surface area contributed by atoms with Gasteiger partial charge < -0.3 is 20.5 Å². The fraction of sp³-hybridized carbons (Fsp3) is 0.600. The lowest BCUT2D eigenvalue weighted by molar-refractivity contribution is -0.154. The second kappa shape index (κ2) is 8.18. The number of urea groups is 1. The van der Waals surface area contributed by atoms with Gasteiger partial charge in [0.2, 0.25) is 5.88 Å². The number of aliphatic hydroxyl groups excluding tert-OH is 1. The van der Waals surface area contributed by atoms with E-state index >= 15 is 0 Å². The molecule has 2 atom stereocenters. The summed E-state index contributed by atoms with van der Waals surface area (Å²) in [6, 6.07) is 2.19. The smallest absolute Gasteiger partial charge is 0.422 e. The summed E-state index contributed by atoms with van der Waals surface area (Å²) in [6.45, 7) is -1.31. The molecule has 0 spiro atoms. The van der Waals surface area contributed by atoms with Gasteiger partial charge in [0.25, 0.3) is 0 Å². The molecule has 3 N–H and O–H groups in total. The molecule has 6 nitrogen and oxygen atoms in total. The van der Waals surface area contributed by atoms with E-state index in [-0.39, 0.29) is 18.5 Å². The van der Waals surface area contributed by atoms with Crippen molar-refractivity contribution in [3.63, 3.8) is 0 Å². The molecule has 2 rings (SSSR count). The van der Waals surface area contributed by atoms with Crippen LogP contribution in [0.5, 0.6) is 5.88 Å². The molecule has 0 saturated heterocycles. The normalized spacial score (nSPS) is 21.2. The Bertz CT molecular complexity index is 554. The SMILES string of the molecule is O=C(NCc1ccnc(OCC(F)(F)F)c1)N[C@H]1CCCC[C@@H]1O. The number of pyridine rings is 1. The zero-order chi connectivity index (χ0) is 17.6. The van der Waals surface area contributed by atoms with Crippen LogP contribution in [0.2, 0.25) is 0 Å². The van der Waals surface area contributed by atoms with Crippen molar-refractivity contribution >= 4 is 6.03 Å². The number of alkyl halides is 3. The summed E-state index contributed by atoms with van der Waals surface area (Å²) in [5.41, 5.74) is 0.557. The third-order valence-corrected chi connectivity index (χ3v) is 3.68. The molecule has 134 valence electrons. The first kappa shape index (κ1) is 18.3. The van der Waals surface area contributed by atoms with E-state index in [2.05, 4.69) is 20.4 Å². The van der Waals surface area contributed by atoms with Crippen LogP contribution in [0.15, 0.2) is 18.3 Å². The lowest BCUT2D eigenvalue weighted by Gasteiger charge is -2.28. The second-order valence-electron chi connectivity index (χ2n) is 5.69. The molecule has 9 heteroatoms. The molecule has 1 aliphatic rings. The zero-order valence-corrected chi connectivity index (χ0v) is 13.0. The Morgan fingerprint density at radius 3 is 2.83 bits per heavy atom. The van der Waals surface area contributed by atoms with Crippen LogP contribution in [0.25, 0.3) is 0 Å². The lowest BCUT2D eigenvalue weighted by atomic mass is 9.93. The number of nitrogens with one attached hydrogen (secondary N) is 2. The largest absolute Gasteiger partial charge is 0.468 e. The van der Waals surface area contributed by atoms with Gasteiger partial charge in [0.1, 0.15) is 0 Å². The molecule has 1 aromatic heterocycles. The highest BCUT2D eigenvalue weighted by molar-refractivity contribution is 5.74. The maximum Gasteiger partial charge on any atom is 0.422 e. The first-order valence-corrected chi connectivity index (χ1v) is 7.70. The number of nitrogens with zero attached hydrogens (tertiary/aromatic N) is 1. The van der Waals surface area contributed by atoms with Crippen LogP contribution in [0, 0.1) is 0 Å². The van der Waals surface area contributed by atoms with Crippen LogP contribution >= 0.6 is 0 Å². The molecular weight excluding hydrogens is 327 g/mol. The Hall–Kier alpha value is -2.03. The number of hydrogen-bond donors (Lipinski definition) is 3. The summed E-state index contributed by atoms with van der Waals surface area (Å²) in [4.78, 5) is 15.5. The van der Waals surface area contributed by atoms with E-state index in [9.17, 15) is 23.1 Å². The molecule has 1 heterocycles. The number of aliphatic hydroxyl groups is 1. The highest BCUT2D eigenvalue weighted by Gasteiger charge is 2.28. The van der Waals surface area contributed by atoms with Crippen LogP contribution in [-0.2, 0) is 6.54 Å². The number of halogens is 3. The number of carbonyl (C=O) groups is 1. The Morgan fingerprint density at radius 2 is 2.12 bits per heavy atom. The molecule has 0 aliphatic heterocycles. The van der Waals surface area contributed by atoms with E-state index in [0.717, 1.165) is 19.3 Å². The zero-order valence-electron chi connectivity index (χ0n) is 13.0. The van der Waals surface area contributed by atoms with Crippen molar-refractivity contribution in [2.75, 3.05) is 6.61 Å². The average molecular weight is 347 g/mol. The molecule has 1 aromatic rings. The van der Waals surface area contributed by atoms with Crippen LogP contribution in [0.3, 0.4) is 0 Å². The average Bonchev–Trinajstić information content (AvgIpc) is 2.53. The van der Waals surface area contributed by atoms with Gasteiger partial charge in [-0.05, 0) is 24.5 Å². The minimum absolute atomic E-state index is 0.111. The molecule has 24 heavy (non-hydrogen) atoms. The first-order chi connectivity index (χ1) is 11.3. The molecule has 0 bridgehead atoms. The summed E-state index contributed by atoms with van der Waals surface area (Å²) >= 11 is 0. The van der Waals surface area contributed by atoms with Gasteiger partial charge in [-0.25, -0.2) is 9.78 Å². The molecule has 1 saturated carbocycles. The summed E-state index contributed by atoms with van der Waals surface area (Å²) in [7, 11) is 0. The fourth-order valence-electron chi connectivity index (χ4n) is 2.48. The van der Waals surface area contributed by atoms with Gasteiger partial charge in [-0.2, -0.15) is 13.2 Å². The lowest BCUT2D eigenvalue weighted by Crippen LogP contribution is -2.48. The monoisotopic (exact) mass is 347 g/mol. The molecule has 2 amide bonds. The van der Waals surface area contributed by atoms with E-state index in [4.69, 9.17) is 0 Å². The first-order valence-electron chi connectivity index (χ1n) is 7.70. The van der Waals surface area contributed by atoms with Gasteiger partial charge in [-0.3, -0.25) is 0 Å². The number of amides is 2. The maximum atomic E-state index is 12.1. The third-order valence-electron chi connectivity index (χ3n) is 3.68. The Kier molecular flexibility index (Phi) is 6.24. The Morgan fingerprint density at radius 1 is 1.38 bits per heavy atom. The second-order valence-corrected chi connectivity index (χ2v) is 5.69. The topological polar surface area (TPSA) is 83.5 Å². The number of hydrogen-bond acceptors (Lipinski definition) is 4. The number of ether oxygens (including phenoxy) is 1. The Labute approximate surface area is 137 Å². The van der Waals surface area contributed by atoms with Crippen molar-refractivity contribution < 1.29 is 27.8 Å². The van der Waals surface area contributed by atoms with Crippen LogP contribution in [0.1, 0.15) is 31.2 Å². The molecular formula is C15H20F3N3O3. The van der Waals surface area contributed by atoms with Gasteiger partial charge in [0, 0.05) is 18.8 Å². The third kappa shape index (κ3) is 6.23. The highest BCUT2D eigenvalue weighted by Crippen LogP contribution is 2.19. The molecule has 0 radical (unpaired) electrons. The van der Waals surface area contributed by atoms with Gasteiger partial charge in [-0.15, -0.1) is 0 Å². The molecule has 1 fully saturated rings. The minimum Gasteiger partial charge on any atom is -0.468 e. The van der Waals surface area contributed by atoms with Gasteiger partial charge in [0.05, 0.1) is 12.1 Å². The van der Waals surface area contributed by atoms with Crippen molar-refractivity contribution in [3.8, 4) is 5.88 Å². The van der Waals surface area contributed by atoms with E-state index in [1.807, 2.05) is 0 Å². The highest BCUT2D eigenvalue weighted by atomic mass is 19.4. The van der Waals surface area contributed by atoms with Gasteiger partial charge in [-0.1, -0.05) is 12.8 Å². The predicted octanol–water partition coefficient (Wildman–Crippen LogP) is 2.13. The van der Waals surface area contributed by atoms with Crippen molar-refractivity contribution in [2.24, 2.45) is 0 Å². The number of carbonyl (C=O) groups excluding carboxylic acids is 1. The van der Waals surface area contributed by atoms with Gasteiger partial charge >= 0.3 is 12.2 Å². The summed E-state index contributed by atoms with van der Waals surface area (Å²) in [5.74, 6) is -0.158. The molecule has 1 aliphatic carbocycles. The maximum absolute atomic E-state index is 12.1.